The smallest absolute Gasteiger partial charge is 0.140 e. The lowest BCUT2D eigenvalue weighted by molar-refractivity contribution is -0.119. The Balaban J connectivity index is 2.11. The molecule has 0 saturated carbocycles. The first-order valence-corrected chi connectivity index (χ1v) is 6.24. The molecule has 0 radical (unpaired) electrons. The second-order valence-electron chi connectivity index (χ2n) is 3.28. The molecule has 0 aromatic carbocycles. The van der Waals surface area contributed by atoms with Crippen molar-refractivity contribution in [1.82, 2.24) is 0 Å². The van der Waals surface area contributed by atoms with Gasteiger partial charge >= 0.3 is 0 Å². The second-order valence-corrected chi connectivity index (χ2v) is 5.08. The van der Waals surface area contributed by atoms with Crippen molar-refractivity contribution in [2.45, 2.75) is 12.8 Å². The van der Waals surface area contributed by atoms with Gasteiger partial charge in [-0.2, -0.15) is 0 Å². The van der Waals surface area contributed by atoms with Crippen molar-refractivity contribution in [1.29, 1.82) is 0 Å². The van der Waals surface area contributed by atoms with Crippen molar-refractivity contribution in [2.75, 3.05) is 26.9 Å². The quantitative estimate of drug-likeness (QED) is 0.676. The summed E-state index contributed by atoms with van der Waals surface area (Å²) < 4.78 is 10.8. The SMILES string of the molecule is COCCOCCC(=O)Cc1ccc(Cl)s1. The predicted octanol–water partition coefficient (Wildman–Crippen LogP) is 2.57. The van der Waals surface area contributed by atoms with Gasteiger partial charge in [0.1, 0.15) is 5.78 Å². The molecule has 1 aromatic rings. The van der Waals surface area contributed by atoms with Gasteiger partial charge in [0.15, 0.2) is 0 Å². The third-order valence-electron chi connectivity index (χ3n) is 1.96. The van der Waals surface area contributed by atoms with E-state index in [9.17, 15) is 4.79 Å². The predicted molar refractivity (Wildman–Crippen MR) is 65.4 cm³/mol. The molecular formula is C11H15ClO3S. The van der Waals surface area contributed by atoms with Gasteiger partial charge in [0.05, 0.1) is 24.2 Å². The van der Waals surface area contributed by atoms with Crippen molar-refractivity contribution < 1.29 is 14.3 Å². The van der Waals surface area contributed by atoms with E-state index >= 15 is 0 Å². The summed E-state index contributed by atoms with van der Waals surface area (Å²) in [5.41, 5.74) is 0. The maximum absolute atomic E-state index is 11.5. The first-order valence-electron chi connectivity index (χ1n) is 5.05. The molecule has 1 aromatic heterocycles. The summed E-state index contributed by atoms with van der Waals surface area (Å²) in [6.07, 6.45) is 0.893. The van der Waals surface area contributed by atoms with Crippen LogP contribution in [0.4, 0.5) is 0 Å². The number of hydrogen-bond acceptors (Lipinski definition) is 4. The number of halogens is 1. The normalized spacial score (nSPS) is 10.6. The first kappa shape index (κ1) is 13.6. The molecule has 0 spiro atoms. The second kappa shape index (κ2) is 7.79. The van der Waals surface area contributed by atoms with Crippen LogP contribution in [-0.4, -0.2) is 32.7 Å². The monoisotopic (exact) mass is 262 g/mol. The Morgan fingerprint density at radius 1 is 1.38 bits per heavy atom. The molecule has 1 heterocycles. The van der Waals surface area contributed by atoms with Crippen LogP contribution in [0, 0.1) is 0 Å². The third-order valence-corrected chi connectivity index (χ3v) is 3.19. The topological polar surface area (TPSA) is 35.5 Å². The van der Waals surface area contributed by atoms with Gasteiger partial charge in [0, 0.05) is 24.8 Å². The molecule has 3 nitrogen and oxygen atoms in total. The van der Waals surface area contributed by atoms with E-state index in [2.05, 4.69) is 0 Å². The summed E-state index contributed by atoms with van der Waals surface area (Å²) >= 11 is 7.22. The standard InChI is InChI=1S/C11H15ClO3S/c1-14-6-7-15-5-4-9(13)8-10-2-3-11(12)16-10/h2-3H,4-8H2,1H3. The summed E-state index contributed by atoms with van der Waals surface area (Å²) in [5.74, 6) is 0.177. The molecule has 90 valence electrons. The Morgan fingerprint density at radius 3 is 2.81 bits per heavy atom. The van der Waals surface area contributed by atoms with Crippen LogP contribution in [0.15, 0.2) is 12.1 Å². The van der Waals surface area contributed by atoms with Crippen LogP contribution in [0.5, 0.6) is 0 Å². The van der Waals surface area contributed by atoms with Crippen LogP contribution in [0.2, 0.25) is 4.34 Å². The fourth-order valence-corrected chi connectivity index (χ4v) is 2.28. The van der Waals surface area contributed by atoms with E-state index in [1.807, 2.05) is 12.1 Å². The van der Waals surface area contributed by atoms with Gasteiger partial charge in [0.2, 0.25) is 0 Å². The summed E-state index contributed by atoms with van der Waals surface area (Å²) in [5, 5.41) is 0. The zero-order valence-corrected chi connectivity index (χ0v) is 10.8. The maximum Gasteiger partial charge on any atom is 0.140 e. The zero-order valence-electron chi connectivity index (χ0n) is 9.20. The summed E-state index contributed by atoms with van der Waals surface area (Å²) in [4.78, 5) is 12.5. The molecule has 0 fully saturated rings. The van der Waals surface area contributed by atoms with Gasteiger partial charge in [0.25, 0.3) is 0 Å². The Hall–Kier alpha value is -0.420. The molecule has 0 amide bonds. The summed E-state index contributed by atoms with van der Waals surface area (Å²) in [6, 6.07) is 3.70. The Morgan fingerprint density at radius 2 is 2.19 bits per heavy atom. The van der Waals surface area contributed by atoms with Crippen molar-refractivity contribution >= 4 is 28.7 Å². The first-order chi connectivity index (χ1) is 7.72. The summed E-state index contributed by atoms with van der Waals surface area (Å²) in [7, 11) is 1.62. The average molecular weight is 263 g/mol. The van der Waals surface area contributed by atoms with E-state index in [4.69, 9.17) is 21.1 Å². The molecule has 0 aliphatic rings. The molecule has 0 atom stereocenters. The van der Waals surface area contributed by atoms with Crippen LogP contribution in [-0.2, 0) is 20.7 Å². The number of carbonyl (C=O) groups is 1. The number of ether oxygens (including phenoxy) is 2. The number of Topliss-reactive ketones (excluding diaryl/α,β-unsaturated/α-hetero) is 1. The molecule has 0 saturated heterocycles. The number of thiophene rings is 1. The van der Waals surface area contributed by atoms with Crippen molar-refractivity contribution in [2.24, 2.45) is 0 Å². The maximum atomic E-state index is 11.5. The number of methoxy groups -OCH3 is 1. The third kappa shape index (κ3) is 5.61. The van der Waals surface area contributed by atoms with Crippen molar-refractivity contribution in [3.05, 3.63) is 21.3 Å². The van der Waals surface area contributed by atoms with E-state index in [0.29, 0.717) is 32.7 Å². The van der Waals surface area contributed by atoms with Crippen LogP contribution in [0.3, 0.4) is 0 Å². The largest absolute Gasteiger partial charge is 0.382 e. The molecule has 5 heteroatoms. The van der Waals surface area contributed by atoms with Gasteiger partial charge in [-0.3, -0.25) is 4.79 Å². The lowest BCUT2D eigenvalue weighted by atomic mass is 10.2. The van der Waals surface area contributed by atoms with Gasteiger partial charge < -0.3 is 9.47 Å². The van der Waals surface area contributed by atoms with Crippen molar-refractivity contribution in [3.8, 4) is 0 Å². The van der Waals surface area contributed by atoms with E-state index in [1.165, 1.54) is 11.3 Å². The molecular weight excluding hydrogens is 248 g/mol. The molecule has 0 N–H and O–H groups in total. The molecule has 16 heavy (non-hydrogen) atoms. The zero-order chi connectivity index (χ0) is 11.8. The number of rotatable bonds is 8. The van der Waals surface area contributed by atoms with Gasteiger partial charge in [-0.25, -0.2) is 0 Å². The fraction of sp³-hybridized carbons (Fsp3) is 0.545. The molecule has 0 bridgehead atoms. The van der Waals surface area contributed by atoms with E-state index in [0.717, 1.165) is 9.21 Å². The molecule has 0 unspecified atom stereocenters. The van der Waals surface area contributed by atoms with Crippen LogP contribution in [0.1, 0.15) is 11.3 Å². The minimum absolute atomic E-state index is 0.177. The lowest BCUT2D eigenvalue weighted by Gasteiger charge is -2.02. The van der Waals surface area contributed by atoms with Crippen LogP contribution in [0.25, 0.3) is 0 Å². The lowest BCUT2D eigenvalue weighted by Crippen LogP contribution is -2.09. The highest BCUT2D eigenvalue weighted by Crippen LogP contribution is 2.22. The van der Waals surface area contributed by atoms with Crippen LogP contribution >= 0.6 is 22.9 Å². The Bertz CT molecular complexity index is 325. The van der Waals surface area contributed by atoms with Gasteiger partial charge in [-0.05, 0) is 12.1 Å². The molecule has 0 aliphatic heterocycles. The number of ketones is 1. The van der Waals surface area contributed by atoms with E-state index < -0.39 is 0 Å². The average Bonchev–Trinajstić information content (AvgIpc) is 2.63. The minimum atomic E-state index is 0.177. The highest BCUT2D eigenvalue weighted by molar-refractivity contribution is 7.16. The van der Waals surface area contributed by atoms with Crippen LogP contribution < -0.4 is 0 Å². The Labute approximate surface area is 104 Å². The molecule has 1 rings (SSSR count). The number of carbonyl (C=O) groups excluding carboxylic acids is 1. The highest BCUT2D eigenvalue weighted by atomic mass is 35.5. The molecule has 0 aliphatic carbocycles. The van der Waals surface area contributed by atoms with Gasteiger partial charge in [-0.15, -0.1) is 11.3 Å². The van der Waals surface area contributed by atoms with Gasteiger partial charge in [-0.1, -0.05) is 11.6 Å². The highest BCUT2D eigenvalue weighted by Gasteiger charge is 2.05. The number of hydrogen-bond donors (Lipinski definition) is 0. The van der Waals surface area contributed by atoms with E-state index in [1.54, 1.807) is 7.11 Å². The summed E-state index contributed by atoms with van der Waals surface area (Å²) in [6.45, 7) is 1.56. The van der Waals surface area contributed by atoms with Crippen molar-refractivity contribution in [3.63, 3.8) is 0 Å². The fourth-order valence-electron chi connectivity index (χ4n) is 1.16. The minimum Gasteiger partial charge on any atom is -0.382 e. The van der Waals surface area contributed by atoms with E-state index in [-0.39, 0.29) is 5.78 Å². The Kier molecular flexibility index (Phi) is 6.64.